The maximum Gasteiger partial charge on any atom is 0.168 e. The van der Waals surface area contributed by atoms with Crippen molar-refractivity contribution in [3.63, 3.8) is 0 Å². The molecule has 0 bridgehead atoms. The monoisotopic (exact) mass is 483 g/mol. The highest BCUT2D eigenvalue weighted by molar-refractivity contribution is 7.79. The zero-order valence-corrected chi connectivity index (χ0v) is 20.8. The smallest absolute Gasteiger partial charge is 0.168 e. The molecule has 0 saturated heterocycles. The largest absolute Gasteiger partial charge is 0.380 e. The molecule has 7 rings (SSSR count). The van der Waals surface area contributed by atoms with Gasteiger partial charge in [-0.25, -0.2) is 0 Å². The lowest BCUT2D eigenvalue weighted by molar-refractivity contribution is 0.588. The number of nitrogens with one attached hydrogen (secondary N) is 1. The maximum atomic E-state index is 14.8. The van der Waals surface area contributed by atoms with Crippen LogP contribution in [0.4, 0.5) is 0 Å². The minimum Gasteiger partial charge on any atom is -0.380 e. The van der Waals surface area contributed by atoms with E-state index in [0.29, 0.717) is 6.54 Å². The van der Waals surface area contributed by atoms with Gasteiger partial charge >= 0.3 is 0 Å². The van der Waals surface area contributed by atoms with E-state index in [-0.39, 0.29) is 0 Å². The Balaban J connectivity index is 1.38. The number of hydrogen-bond acceptors (Lipinski definition) is 2. The Morgan fingerprint density at radius 1 is 0.694 bits per heavy atom. The maximum absolute atomic E-state index is 14.8. The second-order valence-corrected chi connectivity index (χ2v) is 12.4. The summed E-state index contributed by atoms with van der Waals surface area (Å²) in [5.74, 6) is 0. The number of allylic oxidation sites excluding steroid dienone is 6. The van der Waals surface area contributed by atoms with E-state index >= 15 is 0 Å². The van der Waals surface area contributed by atoms with Crippen molar-refractivity contribution in [2.75, 3.05) is 6.54 Å². The second-order valence-electron chi connectivity index (χ2n) is 9.61. The molecule has 0 aromatic heterocycles. The van der Waals surface area contributed by atoms with Gasteiger partial charge in [-0.3, -0.25) is 0 Å². The van der Waals surface area contributed by atoms with E-state index in [4.69, 9.17) is 0 Å². The number of dihydropyridines is 1. The summed E-state index contributed by atoms with van der Waals surface area (Å²) in [4.78, 5) is 0. The summed E-state index contributed by atoms with van der Waals surface area (Å²) in [5, 5.41) is 14.1. The first-order valence-corrected chi connectivity index (χ1v) is 14.3. The minimum absolute atomic E-state index is 0.561. The molecule has 0 amide bonds. The van der Waals surface area contributed by atoms with Gasteiger partial charge in [-0.15, -0.1) is 0 Å². The van der Waals surface area contributed by atoms with E-state index in [1.165, 1.54) is 37.9 Å². The molecule has 5 aromatic carbocycles. The first kappa shape index (κ1) is 21.4. The molecule has 0 radical (unpaired) electrons. The molecule has 2 aliphatic rings. The lowest BCUT2D eigenvalue weighted by Crippen LogP contribution is -2.22. The summed E-state index contributed by atoms with van der Waals surface area (Å²) in [6, 6.07) is 29.8. The van der Waals surface area contributed by atoms with Gasteiger partial charge in [-0.05, 0) is 51.2 Å². The summed E-state index contributed by atoms with van der Waals surface area (Å²) in [6.45, 7) is 0.561. The first-order chi connectivity index (χ1) is 17.7. The van der Waals surface area contributed by atoms with E-state index < -0.39 is 7.14 Å². The van der Waals surface area contributed by atoms with Crippen molar-refractivity contribution < 1.29 is 4.57 Å². The third-order valence-electron chi connectivity index (χ3n) is 7.58. The summed E-state index contributed by atoms with van der Waals surface area (Å²) in [7, 11) is -2.91. The normalized spacial score (nSPS) is 17.5. The Bertz CT molecular complexity index is 1790. The van der Waals surface area contributed by atoms with Crippen LogP contribution in [-0.2, 0) is 4.57 Å². The molecule has 1 unspecified atom stereocenters. The molecule has 1 N–H and O–H groups in total. The van der Waals surface area contributed by atoms with Gasteiger partial charge < -0.3 is 9.88 Å². The molecule has 0 spiro atoms. The van der Waals surface area contributed by atoms with Gasteiger partial charge in [-0.1, -0.05) is 109 Å². The fourth-order valence-corrected chi connectivity index (χ4v) is 8.65. The Morgan fingerprint density at radius 3 is 2.17 bits per heavy atom. The summed E-state index contributed by atoms with van der Waals surface area (Å²) < 4.78 is 14.8. The Morgan fingerprint density at radius 2 is 1.44 bits per heavy atom. The molecule has 3 heteroatoms. The van der Waals surface area contributed by atoms with Gasteiger partial charge in [0.1, 0.15) is 0 Å². The lowest BCUT2D eigenvalue weighted by atomic mass is 9.91. The third-order valence-corrected chi connectivity index (χ3v) is 10.8. The highest BCUT2D eigenvalue weighted by atomic mass is 31.2. The van der Waals surface area contributed by atoms with Crippen LogP contribution in [0.15, 0.2) is 126 Å². The van der Waals surface area contributed by atoms with Crippen LogP contribution < -0.4 is 10.6 Å². The van der Waals surface area contributed by atoms with Crippen LogP contribution in [0, 0.1) is 0 Å². The number of benzene rings is 5. The number of hydrogen-bond donors (Lipinski definition) is 1. The number of rotatable bonds is 4. The van der Waals surface area contributed by atoms with Gasteiger partial charge in [0.15, 0.2) is 7.14 Å². The topological polar surface area (TPSA) is 29.1 Å². The molecule has 36 heavy (non-hydrogen) atoms. The van der Waals surface area contributed by atoms with Crippen LogP contribution >= 0.6 is 7.14 Å². The predicted molar refractivity (Wildman–Crippen MR) is 154 cm³/mol. The quantitative estimate of drug-likeness (QED) is 0.206. The van der Waals surface area contributed by atoms with Crippen molar-refractivity contribution in [2.45, 2.75) is 12.8 Å². The van der Waals surface area contributed by atoms with E-state index in [1.54, 1.807) is 0 Å². The Hall–Kier alpha value is -3.87. The van der Waals surface area contributed by atoms with Crippen LogP contribution in [0.5, 0.6) is 0 Å². The van der Waals surface area contributed by atoms with Gasteiger partial charge in [0.25, 0.3) is 0 Å². The third kappa shape index (κ3) is 3.22. The molecule has 1 heterocycles. The summed E-state index contributed by atoms with van der Waals surface area (Å²) in [5.41, 5.74) is 2.26. The second kappa shape index (κ2) is 8.36. The molecular formula is C33H26NOP. The highest BCUT2D eigenvalue weighted by Gasteiger charge is 2.34. The van der Waals surface area contributed by atoms with Crippen molar-refractivity contribution in [3.8, 4) is 0 Å². The van der Waals surface area contributed by atoms with Crippen LogP contribution in [0.25, 0.3) is 38.0 Å². The van der Waals surface area contributed by atoms with Crippen molar-refractivity contribution in [1.82, 2.24) is 5.32 Å². The van der Waals surface area contributed by atoms with Gasteiger partial charge in [0.2, 0.25) is 0 Å². The van der Waals surface area contributed by atoms with Gasteiger partial charge in [0.05, 0.1) is 0 Å². The average Bonchev–Trinajstić information content (AvgIpc) is 2.96. The fourth-order valence-electron chi connectivity index (χ4n) is 5.81. The van der Waals surface area contributed by atoms with Gasteiger partial charge in [-0.2, -0.15) is 0 Å². The zero-order valence-electron chi connectivity index (χ0n) is 19.9. The molecule has 2 nitrogen and oxygen atoms in total. The highest BCUT2D eigenvalue weighted by Crippen LogP contribution is 2.61. The van der Waals surface area contributed by atoms with E-state index in [2.05, 4.69) is 90.3 Å². The zero-order chi connectivity index (χ0) is 24.1. The van der Waals surface area contributed by atoms with Crippen molar-refractivity contribution in [1.29, 1.82) is 0 Å². The lowest BCUT2D eigenvalue weighted by Gasteiger charge is -2.28. The summed E-state index contributed by atoms with van der Waals surface area (Å²) in [6.07, 6.45) is 12.5. The molecule has 1 aliphatic heterocycles. The van der Waals surface area contributed by atoms with Gasteiger partial charge in [0, 0.05) is 33.7 Å². The minimum atomic E-state index is -2.91. The predicted octanol–water partition coefficient (Wildman–Crippen LogP) is 8.33. The van der Waals surface area contributed by atoms with Crippen LogP contribution in [0.1, 0.15) is 18.4 Å². The van der Waals surface area contributed by atoms with Crippen LogP contribution in [0.2, 0.25) is 0 Å². The van der Waals surface area contributed by atoms with Crippen molar-refractivity contribution >= 4 is 50.5 Å². The first-order valence-electron chi connectivity index (χ1n) is 12.6. The molecule has 174 valence electrons. The van der Waals surface area contributed by atoms with Crippen LogP contribution in [-0.4, -0.2) is 6.54 Å². The Kier molecular flexibility index (Phi) is 4.98. The molecular weight excluding hydrogens is 457 g/mol. The van der Waals surface area contributed by atoms with E-state index in [0.717, 1.165) is 34.5 Å². The van der Waals surface area contributed by atoms with Crippen LogP contribution in [0.3, 0.4) is 0 Å². The molecule has 0 saturated carbocycles. The average molecular weight is 484 g/mol. The van der Waals surface area contributed by atoms with Crippen molar-refractivity contribution in [3.05, 3.63) is 132 Å². The van der Waals surface area contributed by atoms with E-state index in [9.17, 15) is 4.57 Å². The SMILES string of the molecule is O=P(C1=CCCC=C1)(C1=CC=C(c2ccc3ccc4cccc5ccc2c3c45)NC1)c1ccccc1. The summed E-state index contributed by atoms with van der Waals surface area (Å²) >= 11 is 0. The fraction of sp³-hybridized carbons (Fsp3) is 0.0909. The van der Waals surface area contributed by atoms with Crippen molar-refractivity contribution in [2.24, 2.45) is 0 Å². The van der Waals surface area contributed by atoms with E-state index in [1.807, 2.05) is 30.3 Å². The Labute approximate surface area is 211 Å². The molecule has 0 fully saturated rings. The molecule has 1 atom stereocenters. The molecule has 1 aliphatic carbocycles. The molecule has 5 aromatic rings. The standard InChI is InChI=1S/C33H26NOP/c35-36(26-10-3-1-4-11-26,27-12-5-2-6-13-27)28-18-21-31(34-22-28)29-19-16-25-15-14-23-8-7-9-24-17-20-30(29)33(25)32(23)24/h1,3-5,7-21,34H,2,6,22H2.